The molecule has 0 aliphatic heterocycles. The van der Waals surface area contributed by atoms with Crippen molar-refractivity contribution in [3.05, 3.63) is 17.5 Å². The van der Waals surface area contributed by atoms with E-state index in [-0.39, 0.29) is 18.2 Å². The molecule has 0 bridgehead atoms. The summed E-state index contributed by atoms with van der Waals surface area (Å²) in [6.07, 6.45) is 3.24. The summed E-state index contributed by atoms with van der Waals surface area (Å²) in [5, 5.41) is 16.0. The standard InChI is InChI=1S/C15H25N3O3/c1-5-13-12(9-18(4)17-13)15(21)16-8-11(6-10(2)3)7-14(19)20/h9-11H,5-8H2,1-4H3,(H,16,21)(H,19,20)/t11-/m0/s1. The highest BCUT2D eigenvalue weighted by atomic mass is 16.4. The van der Waals surface area contributed by atoms with E-state index < -0.39 is 5.97 Å². The Balaban J connectivity index is 2.65. The average molecular weight is 295 g/mol. The van der Waals surface area contributed by atoms with E-state index in [4.69, 9.17) is 5.11 Å². The zero-order chi connectivity index (χ0) is 16.0. The maximum atomic E-state index is 12.2. The topological polar surface area (TPSA) is 84.2 Å². The highest BCUT2D eigenvalue weighted by molar-refractivity contribution is 5.95. The van der Waals surface area contributed by atoms with Crippen LogP contribution in [0.15, 0.2) is 6.20 Å². The van der Waals surface area contributed by atoms with E-state index in [0.717, 1.165) is 12.1 Å². The second kappa shape index (κ2) is 7.81. The molecule has 1 heterocycles. The van der Waals surface area contributed by atoms with Crippen molar-refractivity contribution >= 4 is 11.9 Å². The lowest BCUT2D eigenvalue weighted by Gasteiger charge is -2.17. The van der Waals surface area contributed by atoms with Gasteiger partial charge in [0.2, 0.25) is 0 Å². The molecule has 0 spiro atoms. The van der Waals surface area contributed by atoms with Crippen LogP contribution in [0.25, 0.3) is 0 Å². The summed E-state index contributed by atoms with van der Waals surface area (Å²) >= 11 is 0. The Hall–Kier alpha value is -1.85. The normalized spacial score (nSPS) is 12.4. The molecule has 1 aromatic heterocycles. The smallest absolute Gasteiger partial charge is 0.303 e. The predicted octanol–water partition coefficient (Wildman–Crippen LogP) is 1.85. The first-order valence-corrected chi connectivity index (χ1v) is 7.36. The number of aliphatic carboxylic acids is 1. The molecule has 1 rings (SSSR count). The minimum atomic E-state index is -0.828. The van der Waals surface area contributed by atoms with Gasteiger partial charge in [0.15, 0.2) is 0 Å². The lowest BCUT2D eigenvalue weighted by atomic mass is 9.94. The van der Waals surface area contributed by atoms with Crippen molar-refractivity contribution in [2.75, 3.05) is 6.54 Å². The third kappa shape index (κ3) is 5.57. The molecule has 0 aromatic carbocycles. The number of nitrogens with zero attached hydrogens (tertiary/aromatic N) is 2. The first-order valence-electron chi connectivity index (χ1n) is 7.36. The zero-order valence-electron chi connectivity index (χ0n) is 13.2. The number of carboxylic acids is 1. The Morgan fingerprint density at radius 3 is 2.62 bits per heavy atom. The minimum Gasteiger partial charge on any atom is -0.481 e. The second-order valence-corrected chi connectivity index (χ2v) is 5.82. The van der Waals surface area contributed by atoms with E-state index >= 15 is 0 Å². The van der Waals surface area contributed by atoms with Crippen molar-refractivity contribution in [3.8, 4) is 0 Å². The number of carbonyl (C=O) groups excluding carboxylic acids is 1. The molecule has 0 saturated carbocycles. The predicted molar refractivity (Wildman–Crippen MR) is 80.1 cm³/mol. The van der Waals surface area contributed by atoms with E-state index in [0.29, 0.717) is 24.4 Å². The fraction of sp³-hybridized carbons (Fsp3) is 0.667. The summed E-state index contributed by atoms with van der Waals surface area (Å²) in [6.45, 7) is 6.42. The molecule has 0 radical (unpaired) electrons. The molecule has 0 unspecified atom stereocenters. The quantitative estimate of drug-likeness (QED) is 0.766. The molecule has 118 valence electrons. The maximum Gasteiger partial charge on any atom is 0.303 e. The molecule has 1 atom stereocenters. The maximum absolute atomic E-state index is 12.2. The summed E-state index contributed by atoms with van der Waals surface area (Å²) in [6, 6.07) is 0. The van der Waals surface area contributed by atoms with Gasteiger partial charge in [0.05, 0.1) is 11.3 Å². The molecule has 1 aromatic rings. The molecule has 0 aliphatic carbocycles. The van der Waals surface area contributed by atoms with Gasteiger partial charge in [0.25, 0.3) is 5.91 Å². The van der Waals surface area contributed by atoms with Gasteiger partial charge in [-0.15, -0.1) is 0 Å². The largest absolute Gasteiger partial charge is 0.481 e. The van der Waals surface area contributed by atoms with Crippen molar-refractivity contribution in [2.45, 2.75) is 40.0 Å². The Morgan fingerprint density at radius 2 is 2.10 bits per heavy atom. The molecule has 21 heavy (non-hydrogen) atoms. The van der Waals surface area contributed by atoms with Gasteiger partial charge in [-0.2, -0.15) is 5.10 Å². The molecule has 0 aliphatic rings. The summed E-state index contributed by atoms with van der Waals surface area (Å²) in [5.74, 6) is -0.659. The Labute approximate surface area is 125 Å². The summed E-state index contributed by atoms with van der Waals surface area (Å²) in [4.78, 5) is 23.1. The molecule has 2 N–H and O–H groups in total. The van der Waals surface area contributed by atoms with Crippen LogP contribution in [-0.4, -0.2) is 33.3 Å². The van der Waals surface area contributed by atoms with Gasteiger partial charge >= 0.3 is 5.97 Å². The molecule has 6 heteroatoms. The van der Waals surface area contributed by atoms with Crippen LogP contribution in [-0.2, 0) is 18.3 Å². The molecular weight excluding hydrogens is 270 g/mol. The van der Waals surface area contributed by atoms with Crippen molar-refractivity contribution in [2.24, 2.45) is 18.9 Å². The third-order valence-electron chi connectivity index (χ3n) is 3.30. The average Bonchev–Trinajstić information content (AvgIpc) is 2.75. The van der Waals surface area contributed by atoms with Crippen molar-refractivity contribution in [1.82, 2.24) is 15.1 Å². The van der Waals surface area contributed by atoms with E-state index in [1.54, 1.807) is 17.9 Å². The molecule has 0 fully saturated rings. The lowest BCUT2D eigenvalue weighted by Crippen LogP contribution is -2.31. The van der Waals surface area contributed by atoms with Crippen LogP contribution >= 0.6 is 0 Å². The van der Waals surface area contributed by atoms with Crippen molar-refractivity contribution in [1.29, 1.82) is 0 Å². The van der Waals surface area contributed by atoms with Gasteiger partial charge in [-0.25, -0.2) is 0 Å². The van der Waals surface area contributed by atoms with Crippen LogP contribution in [0.5, 0.6) is 0 Å². The van der Waals surface area contributed by atoms with Crippen molar-refractivity contribution < 1.29 is 14.7 Å². The van der Waals surface area contributed by atoms with E-state index in [1.165, 1.54) is 0 Å². The van der Waals surface area contributed by atoms with Crippen LogP contribution < -0.4 is 5.32 Å². The highest BCUT2D eigenvalue weighted by Crippen LogP contribution is 2.15. The number of hydrogen-bond donors (Lipinski definition) is 2. The second-order valence-electron chi connectivity index (χ2n) is 5.82. The zero-order valence-corrected chi connectivity index (χ0v) is 13.2. The van der Waals surface area contributed by atoms with E-state index in [2.05, 4.69) is 10.4 Å². The summed E-state index contributed by atoms with van der Waals surface area (Å²) in [7, 11) is 1.78. The van der Waals surface area contributed by atoms with Crippen LogP contribution in [0.1, 0.15) is 49.7 Å². The van der Waals surface area contributed by atoms with Crippen LogP contribution in [0, 0.1) is 11.8 Å². The van der Waals surface area contributed by atoms with Crippen LogP contribution in [0.2, 0.25) is 0 Å². The Morgan fingerprint density at radius 1 is 1.43 bits per heavy atom. The number of carbonyl (C=O) groups is 2. The monoisotopic (exact) mass is 295 g/mol. The van der Waals surface area contributed by atoms with E-state index in [9.17, 15) is 9.59 Å². The summed E-state index contributed by atoms with van der Waals surface area (Å²) < 4.78 is 1.62. The first-order chi connectivity index (χ1) is 9.83. The number of aryl methyl sites for hydroxylation is 2. The molecule has 6 nitrogen and oxygen atoms in total. The number of amides is 1. The fourth-order valence-corrected chi connectivity index (χ4v) is 2.47. The number of hydrogen-bond acceptors (Lipinski definition) is 3. The third-order valence-corrected chi connectivity index (χ3v) is 3.30. The number of aromatic nitrogens is 2. The molecule has 0 saturated heterocycles. The Bertz CT molecular complexity index is 494. The van der Waals surface area contributed by atoms with E-state index in [1.807, 2.05) is 20.8 Å². The van der Waals surface area contributed by atoms with Gasteiger partial charge < -0.3 is 10.4 Å². The lowest BCUT2D eigenvalue weighted by molar-refractivity contribution is -0.138. The number of nitrogens with one attached hydrogen (secondary N) is 1. The van der Waals surface area contributed by atoms with Crippen molar-refractivity contribution in [3.63, 3.8) is 0 Å². The van der Waals surface area contributed by atoms with Gasteiger partial charge in [0, 0.05) is 26.2 Å². The molecule has 1 amide bonds. The van der Waals surface area contributed by atoms with Gasteiger partial charge in [-0.3, -0.25) is 14.3 Å². The summed E-state index contributed by atoms with van der Waals surface area (Å²) in [5.41, 5.74) is 1.33. The fourth-order valence-electron chi connectivity index (χ4n) is 2.47. The Kier molecular flexibility index (Phi) is 6.39. The molecular formula is C15H25N3O3. The SMILES string of the molecule is CCc1nn(C)cc1C(=O)NC[C@H](CC(=O)O)CC(C)C. The van der Waals surface area contributed by atoms with Crippen LogP contribution in [0.4, 0.5) is 0 Å². The van der Waals surface area contributed by atoms with Gasteiger partial charge in [-0.1, -0.05) is 20.8 Å². The van der Waals surface area contributed by atoms with Crippen LogP contribution in [0.3, 0.4) is 0 Å². The van der Waals surface area contributed by atoms with Gasteiger partial charge in [0.1, 0.15) is 0 Å². The number of carboxylic acid groups (broad SMARTS) is 1. The van der Waals surface area contributed by atoms with Gasteiger partial charge in [-0.05, 0) is 24.7 Å². The minimum absolute atomic E-state index is 0.0480. The first kappa shape index (κ1) is 17.2. The number of rotatable bonds is 8. The highest BCUT2D eigenvalue weighted by Gasteiger charge is 2.18.